The van der Waals surface area contributed by atoms with Crippen molar-refractivity contribution in [2.75, 3.05) is 28.7 Å². The highest BCUT2D eigenvalue weighted by Gasteiger charge is 2.36. The molecule has 1 unspecified atom stereocenters. The number of benzene rings is 3. The number of hydrogen-bond acceptors (Lipinski definition) is 5. The highest BCUT2D eigenvalue weighted by molar-refractivity contribution is 6.15. The summed E-state index contributed by atoms with van der Waals surface area (Å²) in [7, 11) is 0. The molecule has 0 bridgehead atoms. The Kier molecular flexibility index (Phi) is 6.40. The number of hydrogen-bond donors (Lipinski definition) is 2. The predicted octanol–water partition coefficient (Wildman–Crippen LogP) is 5.08. The minimum absolute atomic E-state index is 0.0277. The number of carbonyl (C=O) groups is 3. The van der Waals surface area contributed by atoms with Crippen LogP contribution < -0.4 is 20.3 Å². The second-order valence-electron chi connectivity index (χ2n) is 8.42. The molecule has 1 aromatic heterocycles. The lowest BCUT2D eigenvalue weighted by atomic mass is 10.1. The van der Waals surface area contributed by atoms with Gasteiger partial charge in [0.05, 0.1) is 18.2 Å². The number of fused-ring (bicyclic) bond motifs is 1. The van der Waals surface area contributed by atoms with Gasteiger partial charge in [0, 0.05) is 24.0 Å². The number of nitrogens with one attached hydrogen (secondary N) is 2. The number of para-hydroxylation sites is 4. The first-order valence-electron chi connectivity index (χ1n) is 11.8. The summed E-state index contributed by atoms with van der Waals surface area (Å²) in [5, 5.41) is 6.29. The number of anilines is 3. The zero-order chi connectivity index (χ0) is 25.1. The third-order valence-corrected chi connectivity index (χ3v) is 6.05. The largest absolute Gasteiger partial charge is 0.492 e. The molecule has 3 amide bonds. The summed E-state index contributed by atoms with van der Waals surface area (Å²) < 4.78 is 11.5. The van der Waals surface area contributed by atoms with Crippen LogP contribution >= 0.6 is 0 Å². The summed E-state index contributed by atoms with van der Waals surface area (Å²) in [6.07, 6.45) is 0.0831. The van der Waals surface area contributed by atoms with E-state index in [1.165, 1.54) is 0 Å². The standard InChI is InChI=1S/C28H25N3O5/c1-2-35-23-15-9-7-13-21(23)29-28(34)26-25(20-12-6-8-14-22(20)36-26)30-27(33)18-16-24(32)31(17-18)19-10-4-3-5-11-19/h3-15,18H,2,16-17H2,1H3,(H,29,34)(H,30,33). The summed E-state index contributed by atoms with van der Waals surface area (Å²) in [4.78, 5) is 40.8. The van der Waals surface area contributed by atoms with Gasteiger partial charge in [0.15, 0.2) is 0 Å². The van der Waals surface area contributed by atoms with Crippen molar-refractivity contribution in [1.29, 1.82) is 0 Å². The van der Waals surface area contributed by atoms with Gasteiger partial charge in [-0.3, -0.25) is 14.4 Å². The summed E-state index contributed by atoms with van der Waals surface area (Å²) in [5.74, 6) is -1.07. The van der Waals surface area contributed by atoms with E-state index in [0.717, 1.165) is 5.69 Å². The van der Waals surface area contributed by atoms with Crippen LogP contribution in [0.5, 0.6) is 5.75 Å². The zero-order valence-corrected chi connectivity index (χ0v) is 19.7. The number of ether oxygens (including phenoxy) is 1. The maximum absolute atomic E-state index is 13.3. The second-order valence-corrected chi connectivity index (χ2v) is 8.42. The lowest BCUT2D eigenvalue weighted by molar-refractivity contribution is -0.122. The fourth-order valence-corrected chi connectivity index (χ4v) is 4.33. The molecule has 4 aromatic rings. The Morgan fingerprint density at radius 2 is 1.69 bits per heavy atom. The number of rotatable bonds is 7. The first-order valence-corrected chi connectivity index (χ1v) is 11.8. The molecule has 1 aliphatic heterocycles. The molecule has 8 nitrogen and oxygen atoms in total. The van der Waals surface area contributed by atoms with Crippen LogP contribution in [0.15, 0.2) is 83.3 Å². The van der Waals surface area contributed by atoms with E-state index in [-0.39, 0.29) is 36.2 Å². The molecule has 5 rings (SSSR count). The molecular weight excluding hydrogens is 458 g/mol. The van der Waals surface area contributed by atoms with Gasteiger partial charge in [-0.15, -0.1) is 0 Å². The Hall–Kier alpha value is -4.59. The van der Waals surface area contributed by atoms with Gasteiger partial charge in [0.1, 0.15) is 17.0 Å². The molecule has 1 fully saturated rings. The van der Waals surface area contributed by atoms with Crippen molar-refractivity contribution in [3.63, 3.8) is 0 Å². The molecule has 2 heterocycles. The molecule has 182 valence electrons. The normalized spacial score (nSPS) is 15.2. The minimum Gasteiger partial charge on any atom is -0.492 e. The van der Waals surface area contributed by atoms with E-state index >= 15 is 0 Å². The summed E-state index contributed by atoms with van der Waals surface area (Å²) in [5.41, 5.74) is 1.97. The molecular formula is C28H25N3O5. The van der Waals surface area contributed by atoms with Gasteiger partial charge in [-0.1, -0.05) is 42.5 Å². The fourth-order valence-electron chi connectivity index (χ4n) is 4.33. The van der Waals surface area contributed by atoms with Gasteiger partial charge in [0.2, 0.25) is 17.6 Å². The highest BCUT2D eigenvalue weighted by atomic mass is 16.5. The SMILES string of the molecule is CCOc1ccccc1NC(=O)c1oc2ccccc2c1NC(=O)C1CC(=O)N(c2ccccc2)C1. The van der Waals surface area contributed by atoms with Crippen molar-refractivity contribution in [1.82, 2.24) is 0 Å². The van der Waals surface area contributed by atoms with E-state index in [0.29, 0.717) is 29.0 Å². The molecule has 1 saturated heterocycles. The fraction of sp³-hybridized carbons (Fsp3) is 0.179. The second kappa shape index (κ2) is 9.95. The van der Waals surface area contributed by atoms with Crippen LogP contribution in [0.1, 0.15) is 23.9 Å². The van der Waals surface area contributed by atoms with Crippen molar-refractivity contribution >= 4 is 45.8 Å². The van der Waals surface area contributed by atoms with E-state index in [2.05, 4.69) is 10.6 Å². The van der Waals surface area contributed by atoms with Crippen molar-refractivity contribution in [2.45, 2.75) is 13.3 Å². The summed E-state index contributed by atoms with van der Waals surface area (Å²) in [6.45, 7) is 2.56. The lowest BCUT2D eigenvalue weighted by Gasteiger charge is -2.16. The predicted molar refractivity (Wildman–Crippen MR) is 137 cm³/mol. The first-order chi connectivity index (χ1) is 17.5. The Morgan fingerprint density at radius 1 is 0.972 bits per heavy atom. The van der Waals surface area contributed by atoms with Gasteiger partial charge in [-0.05, 0) is 43.3 Å². The van der Waals surface area contributed by atoms with E-state index < -0.39 is 11.8 Å². The monoisotopic (exact) mass is 483 g/mol. The van der Waals surface area contributed by atoms with Gasteiger partial charge in [-0.25, -0.2) is 0 Å². The average Bonchev–Trinajstić information content (AvgIpc) is 3.47. The molecule has 8 heteroatoms. The third kappa shape index (κ3) is 4.53. The maximum Gasteiger partial charge on any atom is 0.293 e. The molecule has 1 atom stereocenters. The van der Waals surface area contributed by atoms with E-state index in [1.54, 1.807) is 47.4 Å². The number of carbonyl (C=O) groups excluding carboxylic acids is 3. The van der Waals surface area contributed by atoms with Gasteiger partial charge >= 0.3 is 0 Å². The first kappa shape index (κ1) is 23.2. The van der Waals surface area contributed by atoms with Crippen LogP contribution in [-0.2, 0) is 9.59 Å². The molecule has 0 saturated carbocycles. The van der Waals surface area contributed by atoms with Crippen LogP contribution in [0.2, 0.25) is 0 Å². The van der Waals surface area contributed by atoms with Crippen LogP contribution in [-0.4, -0.2) is 30.9 Å². The van der Waals surface area contributed by atoms with Gasteiger partial charge in [-0.2, -0.15) is 0 Å². The lowest BCUT2D eigenvalue weighted by Crippen LogP contribution is -2.28. The molecule has 0 radical (unpaired) electrons. The van der Waals surface area contributed by atoms with Crippen LogP contribution in [0.25, 0.3) is 11.0 Å². The molecule has 0 spiro atoms. The van der Waals surface area contributed by atoms with Crippen molar-refractivity contribution < 1.29 is 23.5 Å². The van der Waals surface area contributed by atoms with Crippen LogP contribution in [0.4, 0.5) is 17.1 Å². The van der Waals surface area contributed by atoms with Gasteiger partial charge in [0.25, 0.3) is 5.91 Å². The molecule has 1 aliphatic rings. The Labute approximate surface area is 207 Å². The van der Waals surface area contributed by atoms with Crippen molar-refractivity contribution in [3.8, 4) is 5.75 Å². The number of nitrogens with zero attached hydrogens (tertiary/aromatic N) is 1. The quantitative estimate of drug-likeness (QED) is 0.382. The topological polar surface area (TPSA) is 101 Å². The van der Waals surface area contributed by atoms with E-state index in [1.807, 2.05) is 43.3 Å². The van der Waals surface area contributed by atoms with E-state index in [4.69, 9.17) is 9.15 Å². The average molecular weight is 484 g/mol. The van der Waals surface area contributed by atoms with Gasteiger partial charge < -0.3 is 24.7 Å². The zero-order valence-electron chi connectivity index (χ0n) is 19.7. The van der Waals surface area contributed by atoms with Crippen molar-refractivity contribution in [3.05, 3.63) is 84.6 Å². The minimum atomic E-state index is -0.569. The summed E-state index contributed by atoms with van der Waals surface area (Å²) in [6, 6.07) is 23.4. The van der Waals surface area contributed by atoms with Crippen molar-refractivity contribution in [2.24, 2.45) is 5.92 Å². The Balaban J connectivity index is 1.40. The maximum atomic E-state index is 13.3. The number of furan rings is 1. The number of amides is 3. The Morgan fingerprint density at radius 3 is 2.50 bits per heavy atom. The molecule has 36 heavy (non-hydrogen) atoms. The molecule has 2 N–H and O–H groups in total. The van der Waals surface area contributed by atoms with E-state index in [9.17, 15) is 14.4 Å². The van der Waals surface area contributed by atoms with Crippen LogP contribution in [0.3, 0.4) is 0 Å². The summed E-state index contributed by atoms with van der Waals surface area (Å²) >= 11 is 0. The molecule has 0 aliphatic carbocycles. The molecule has 3 aromatic carbocycles. The highest BCUT2D eigenvalue weighted by Crippen LogP contribution is 2.34. The Bertz CT molecular complexity index is 1430. The smallest absolute Gasteiger partial charge is 0.293 e. The van der Waals surface area contributed by atoms with Crippen LogP contribution in [0, 0.1) is 5.92 Å². The third-order valence-electron chi connectivity index (χ3n) is 6.05.